The van der Waals surface area contributed by atoms with Crippen LogP contribution in [0.5, 0.6) is 0 Å². The smallest absolute Gasteiger partial charge is 0.481 e. The van der Waals surface area contributed by atoms with Gasteiger partial charge in [0.05, 0.1) is 51.1 Å². The van der Waals surface area contributed by atoms with Crippen LogP contribution in [0, 0.1) is 22.7 Å². The highest BCUT2D eigenvalue weighted by atomic mass is 19.4. The molecule has 6 aromatic rings. The fraction of sp³-hybridized carbons (Fsp3) is 0.369. The predicted molar refractivity (Wildman–Crippen MR) is 425 cm³/mol. The molecule has 0 bridgehead atoms. The summed E-state index contributed by atoms with van der Waals surface area (Å²) in [7, 11) is 0. The minimum atomic E-state index is -4.64. The fourth-order valence-electron chi connectivity index (χ4n) is 10.6. The summed E-state index contributed by atoms with van der Waals surface area (Å²) in [5, 5.41) is 56.9. The molecular weight excluding hydrogens is 1580 g/mol. The topological polar surface area (TPSA) is 487 Å². The molecule has 2 atom stereocenters. The van der Waals surface area contributed by atoms with Gasteiger partial charge in [0, 0.05) is 72.0 Å². The highest BCUT2D eigenvalue weighted by Crippen LogP contribution is 2.36. The minimum absolute atomic E-state index is 0.0135. The van der Waals surface area contributed by atoms with E-state index in [0.29, 0.717) is 69.7 Å². The molecule has 0 saturated heterocycles. The molecule has 2 aliphatic rings. The molecule has 640 valence electrons. The summed E-state index contributed by atoms with van der Waals surface area (Å²) in [6.07, 6.45) is -6.14. The number of carbonyl (C=O) groups excluding carboxylic acids is 12. The van der Waals surface area contributed by atoms with Gasteiger partial charge in [-0.3, -0.25) is 43.2 Å². The van der Waals surface area contributed by atoms with E-state index >= 15 is 0 Å². The highest BCUT2D eigenvalue weighted by molar-refractivity contribution is 6.14. The molecule has 0 aliphatic heterocycles. The number of aliphatic hydroxyl groups excluding tert-OH is 2. The Morgan fingerprint density at radius 3 is 1.20 bits per heavy atom. The zero-order valence-electron chi connectivity index (χ0n) is 67.1. The van der Waals surface area contributed by atoms with Crippen molar-refractivity contribution < 1.29 is 133 Å². The second-order valence-electron chi connectivity index (χ2n) is 28.4. The molecule has 2 saturated carbocycles. The molecule has 2 heterocycles. The molecule has 4 aromatic carbocycles. The Hall–Kier alpha value is -13.4. The number of anilines is 2. The third-order valence-electron chi connectivity index (χ3n) is 16.6. The molecule has 9 N–H and O–H groups in total. The first-order valence-electron chi connectivity index (χ1n) is 37.4. The molecule has 2 fully saturated rings. The number of aliphatic hydroxyl groups is 2. The zero-order valence-corrected chi connectivity index (χ0v) is 67.1. The average molecular weight is 1670 g/mol. The number of pyridine rings is 2. The number of carboxylic acids is 1. The predicted octanol–water partition coefficient (Wildman–Crippen LogP) is 12.2. The van der Waals surface area contributed by atoms with E-state index in [1.54, 1.807) is 48.5 Å². The number of halogens is 3. The number of nitrogens with one attached hydrogen (secondary N) is 6. The number of ether oxygens (including phenoxy) is 9. The lowest BCUT2D eigenvalue weighted by molar-refractivity contribution is -0.157. The number of benzene rings is 4. The van der Waals surface area contributed by atoms with Crippen LogP contribution >= 0.6 is 0 Å². The number of aromatic nitrogens is 2. The van der Waals surface area contributed by atoms with E-state index in [9.17, 15) is 80.9 Å². The number of aliphatic carboxylic acids is 1. The number of esters is 5. The first-order valence-corrected chi connectivity index (χ1v) is 37.4. The largest absolute Gasteiger partial charge is 0.511 e. The number of hydrogen-bond acceptors (Lipinski definition) is 28. The van der Waals surface area contributed by atoms with Crippen LogP contribution in [-0.4, -0.2) is 178 Å². The van der Waals surface area contributed by atoms with Gasteiger partial charge in [-0.1, -0.05) is 49.6 Å². The van der Waals surface area contributed by atoms with Crippen molar-refractivity contribution in [2.24, 2.45) is 11.8 Å². The maximum absolute atomic E-state index is 14.0. The molecule has 2 aromatic heterocycles. The lowest BCUT2D eigenvalue weighted by Crippen LogP contribution is -2.28. The summed E-state index contributed by atoms with van der Waals surface area (Å²) in [6, 6.07) is 23.6. The third kappa shape index (κ3) is 31.6. The summed E-state index contributed by atoms with van der Waals surface area (Å²) >= 11 is 0. The SMILES string of the molecule is C=Cc1cc(C(=O)Nc2ccc(C(=N)CC(=O)OCCC(=O)O)cc2)c(-c2ccc(C(=O)NCC3CC3)nc2C(=O)OC(C)OC(=O)OC(C)C)cc1CO.C=Cc1cc(C(=O)Nc2ccc(C(=N)CC(=O)OCCC(=O)OC(C)(C)C)cc2)c(-c2ccc(C(=O)NCC3CC3)nc2C(=O)OC(C)OC(=O)OC(C)C)cc1CO.O=CC(F)(F)F. The number of amides is 4. The Morgan fingerprint density at radius 2 is 0.883 bits per heavy atom. The fourth-order valence-corrected chi connectivity index (χ4v) is 10.6. The van der Waals surface area contributed by atoms with E-state index in [1.807, 2.05) is 0 Å². The first-order chi connectivity index (χ1) is 56.6. The molecule has 8 rings (SSSR count). The number of carbonyl (C=O) groups is 13. The van der Waals surface area contributed by atoms with E-state index in [4.69, 9.17) is 63.4 Å². The van der Waals surface area contributed by atoms with Gasteiger partial charge in [-0.2, -0.15) is 13.2 Å². The van der Waals surface area contributed by atoms with Gasteiger partial charge in [0.2, 0.25) is 18.9 Å². The number of hydrogen-bond donors (Lipinski definition) is 9. The summed E-state index contributed by atoms with van der Waals surface area (Å²) in [5.41, 5.74) is 1.47. The number of aldehydes is 1. The van der Waals surface area contributed by atoms with Gasteiger partial charge >= 0.3 is 54.3 Å². The van der Waals surface area contributed by atoms with Crippen LogP contribution in [0.1, 0.15) is 210 Å². The van der Waals surface area contributed by atoms with Crippen molar-refractivity contribution in [2.45, 2.75) is 163 Å². The van der Waals surface area contributed by atoms with Crippen molar-refractivity contribution in [3.05, 3.63) is 178 Å². The highest BCUT2D eigenvalue weighted by Gasteiger charge is 2.32. The molecule has 33 nitrogen and oxygen atoms in total. The second-order valence-corrected chi connectivity index (χ2v) is 28.4. The van der Waals surface area contributed by atoms with Crippen LogP contribution in [0.4, 0.5) is 34.1 Å². The molecular formula is C84H93F3N8O25. The van der Waals surface area contributed by atoms with Crippen LogP contribution in [0.2, 0.25) is 0 Å². The van der Waals surface area contributed by atoms with Crippen molar-refractivity contribution in [1.29, 1.82) is 10.8 Å². The minimum Gasteiger partial charge on any atom is -0.481 e. The van der Waals surface area contributed by atoms with Gasteiger partial charge in [0.15, 0.2) is 11.4 Å². The second kappa shape index (κ2) is 44.8. The van der Waals surface area contributed by atoms with E-state index in [-0.39, 0.29) is 100 Å². The van der Waals surface area contributed by atoms with E-state index in [2.05, 4.69) is 44.4 Å². The van der Waals surface area contributed by atoms with Crippen molar-refractivity contribution in [3.63, 3.8) is 0 Å². The van der Waals surface area contributed by atoms with Crippen molar-refractivity contribution in [2.75, 3.05) is 36.9 Å². The Kier molecular flexibility index (Phi) is 35.6. The molecule has 120 heavy (non-hydrogen) atoms. The maximum atomic E-state index is 14.0. The van der Waals surface area contributed by atoms with E-state index in [1.165, 1.54) is 123 Å². The Labute approximate surface area is 687 Å². The zero-order chi connectivity index (χ0) is 88.9. The lowest BCUT2D eigenvalue weighted by Gasteiger charge is -2.19. The number of rotatable bonds is 36. The standard InChI is InChI=1S/C43H50N4O12.C39H42N4O12.C2HF3O/c1-8-27-19-33(39(51)46-30-13-11-28(12-14-30)34(44)21-37(50)55-18-17-36(49)59-43(5,6)7)32(20-29(27)23-48)31-15-16-35(40(52)45-22-26-9-10-26)47-38(31)41(53)57-25(4)58-42(54)56-24(2)3;1-5-24-16-30(36(48)42-27-10-8-25(9-11-27)31(40)18-34(47)52-15-14-33(45)46)29(17-26(24)20-44)28-12-13-32(37(49)41-19-23-6-7-23)43-35(28)38(50)54-22(4)55-39(51)53-21(2)3;3-2(4,5)1-6/h8,11-16,19-20,24-26,44,48H,1,9-10,17-18,21-23H2,2-7H3,(H,45,52)(H,46,51);5,8-13,16-17,21-23,40,44H,1,6-7,14-15,18-20H2,2-4H3,(H,41,49)(H,42,48)(H,45,46);1H. The van der Waals surface area contributed by atoms with Crippen LogP contribution < -0.4 is 21.3 Å². The summed E-state index contributed by atoms with van der Waals surface area (Å²) in [5.74, 6) is -6.95. The molecule has 4 amide bonds. The van der Waals surface area contributed by atoms with Gasteiger partial charge in [0.25, 0.3) is 23.6 Å². The van der Waals surface area contributed by atoms with Crippen LogP contribution in [-0.2, 0) is 79.8 Å². The summed E-state index contributed by atoms with van der Waals surface area (Å²) in [6.45, 7) is 21.2. The monoisotopic (exact) mass is 1670 g/mol. The molecule has 0 spiro atoms. The van der Waals surface area contributed by atoms with Crippen molar-refractivity contribution in [3.8, 4) is 22.3 Å². The Morgan fingerprint density at radius 1 is 0.517 bits per heavy atom. The number of carboxylic acid groups (broad SMARTS) is 1. The lowest BCUT2D eigenvalue weighted by atomic mass is 9.92. The van der Waals surface area contributed by atoms with Gasteiger partial charge < -0.3 is 90.0 Å². The van der Waals surface area contributed by atoms with Gasteiger partial charge in [0.1, 0.15) is 30.2 Å². The van der Waals surface area contributed by atoms with Crippen LogP contribution in [0.15, 0.2) is 110 Å². The van der Waals surface area contributed by atoms with E-state index in [0.717, 1.165) is 25.7 Å². The van der Waals surface area contributed by atoms with Gasteiger partial charge in [-0.15, -0.1) is 0 Å². The summed E-state index contributed by atoms with van der Waals surface area (Å²) < 4.78 is 77.2. The quantitative estimate of drug-likeness (QED) is 0.00580. The van der Waals surface area contributed by atoms with Crippen molar-refractivity contribution >= 4 is 113 Å². The molecule has 2 unspecified atom stereocenters. The molecule has 0 radical (unpaired) electrons. The van der Waals surface area contributed by atoms with Gasteiger partial charge in [-0.05, 0) is 203 Å². The maximum Gasteiger partial charge on any atom is 0.511 e. The van der Waals surface area contributed by atoms with Crippen molar-refractivity contribution in [1.82, 2.24) is 20.6 Å². The Bertz CT molecular complexity index is 4820. The third-order valence-corrected chi connectivity index (χ3v) is 16.6. The number of alkyl halides is 3. The molecule has 2 aliphatic carbocycles. The van der Waals surface area contributed by atoms with E-state index < -0.39 is 134 Å². The van der Waals surface area contributed by atoms with Crippen LogP contribution in [0.3, 0.4) is 0 Å². The molecule has 36 heteroatoms. The Balaban J connectivity index is 0.000000349. The van der Waals surface area contributed by atoms with Gasteiger partial charge in [-0.25, -0.2) is 29.1 Å². The van der Waals surface area contributed by atoms with Crippen LogP contribution in [0.25, 0.3) is 34.4 Å². The first kappa shape index (κ1) is 95.5. The summed E-state index contributed by atoms with van der Waals surface area (Å²) in [4.78, 5) is 170. The average Bonchev–Trinajstić information content (AvgIpc) is 1.03. The number of nitrogens with zero attached hydrogens (tertiary/aromatic N) is 2. The normalized spacial score (nSPS) is 12.6.